The van der Waals surface area contributed by atoms with Gasteiger partial charge in [-0.1, -0.05) is 60.7 Å². The van der Waals surface area contributed by atoms with Crippen molar-refractivity contribution in [1.82, 2.24) is 39.5 Å². The summed E-state index contributed by atoms with van der Waals surface area (Å²) in [6, 6.07) is 20.7. The summed E-state index contributed by atoms with van der Waals surface area (Å²) in [5.41, 5.74) is 3.68. The molecule has 6 N–H and O–H groups in total. The molecule has 0 saturated carbocycles. The Hall–Kier alpha value is -5.10. The quantitative estimate of drug-likeness (QED) is 0.0909. The first-order chi connectivity index (χ1) is 42.1. The number of benzene rings is 2. The molecule has 10 aliphatic rings. The monoisotopic (exact) mass is 1160 g/mol. The van der Waals surface area contributed by atoms with Gasteiger partial charge in [-0.25, -0.2) is 0 Å². The van der Waals surface area contributed by atoms with Crippen LogP contribution in [0.25, 0.3) is 54.8 Å². The van der Waals surface area contributed by atoms with E-state index >= 15 is 0 Å². The lowest BCUT2D eigenvalue weighted by atomic mass is 9.54. The molecule has 6 aromatic rings. The standard InChI is InChI=1S/C72H90N8O6/c81-58-22-17-37-79-40-29-61(58)86-72-32-23-60(85-47-69-46-78-36-16-8-3-1-5-13-30-70(83,66(69)79)42-53(55(69)27-39-78)63-65-51(25-34-74-63)49-19-10-12-21-57(49)76-65)59(82)28-41-80(72)67-68(44-72)45-77-35-15-7-4-2-6-14-31-71(67,84)43-52(54(68)26-38-77)62-64-50(24-33-73-62)48-18-9-11-20-56(48)75-64/h1-2,5-6,9-12,18-21,24-25,33-34,42-43,54-55,58-61,66-67,75-76,81-84H,3-4,7-8,13-17,22-23,26-32,35-41,44-47H2/t54-,55-,58+,59-,60+,61-,66+,67+,68-,69+,70-,71-,72+/m0/s1. The summed E-state index contributed by atoms with van der Waals surface area (Å²) in [6.45, 7) is 7.67. The number of aliphatic hydroxyl groups is 4. The molecule has 12 heterocycles. The Morgan fingerprint density at radius 2 is 1.09 bits per heavy atom. The van der Waals surface area contributed by atoms with E-state index in [9.17, 15) is 20.4 Å². The molecule has 6 fully saturated rings. The smallest absolute Gasteiger partial charge is 0.123 e. The van der Waals surface area contributed by atoms with Gasteiger partial charge < -0.3 is 49.7 Å². The van der Waals surface area contributed by atoms with Crippen LogP contribution in [0.1, 0.15) is 133 Å². The first kappa shape index (κ1) is 56.2. The highest BCUT2D eigenvalue weighted by atomic mass is 16.5. The van der Waals surface area contributed by atoms with E-state index in [4.69, 9.17) is 19.4 Å². The molecule has 14 nitrogen and oxygen atoms in total. The first-order valence-electron chi connectivity index (χ1n) is 33.6. The Bertz CT molecular complexity index is 3650. The zero-order valence-electron chi connectivity index (χ0n) is 50.3. The summed E-state index contributed by atoms with van der Waals surface area (Å²) in [4.78, 5) is 28.9. The van der Waals surface area contributed by atoms with E-state index in [-0.39, 0.29) is 23.9 Å². The minimum Gasteiger partial charge on any atom is -0.390 e. The van der Waals surface area contributed by atoms with Crippen LogP contribution in [-0.2, 0) is 9.47 Å². The molecule has 14 heteroatoms. The van der Waals surface area contributed by atoms with Gasteiger partial charge in [-0.2, -0.15) is 0 Å². The number of fused-ring (bicyclic) bond motifs is 13. The Balaban J connectivity index is 0.847. The number of para-hydroxylation sites is 2. The van der Waals surface area contributed by atoms with Gasteiger partial charge in [0.25, 0.3) is 0 Å². The van der Waals surface area contributed by atoms with Crippen molar-refractivity contribution in [3.05, 3.63) is 121 Å². The molecule has 2 aromatic carbocycles. The predicted octanol–water partition coefficient (Wildman–Crippen LogP) is 10.7. The fraction of sp³-hybridized carbons (Fsp3) is 0.583. The zero-order chi connectivity index (χ0) is 57.8. The van der Waals surface area contributed by atoms with Gasteiger partial charge in [0, 0.05) is 82.0 Å². The van der Waals surface area contributed by atoms with Gasteiger partial charge in [0.2, 0.25) is 0 Å². The number of aromatic nitrogens is 4. The van der Waals surface area contributed by atoms with Gasteiger partial charge in [-0.3, -0.25) is 19.8 Å². The summed E-state index contributed by atoms with van der Waals surface area (Å²) in [5, 5.41) is 59.3. The average molecular weight is 1160 g/mol. The number of allylic oxidation sites excluding steroid dienone is 6. The lowest BCUT2D eigenvalue weighted by Crippen LogP contribution is -2.71. The Labute approximate surface area is 506 Å². The van der Waals surface area contributed by atoms with Crippen molar-refractivity contribution in [1.29, 1.82) is 0 Å². The predicted molar refractivity (Wildman–Crippen MR) is 339 cm³/mol. The summed E-state index contributed by atoms with van der Waals surface area (Å²) < 4.78 is 15.9. The lowest BCUT2D eigenvalue weighted by Gasteiger charge is -2.62. The highest BCUT2D eigenvalue weighted by Crippen LogP contribution is 2.66. The van der Waals surface area contributed by atoms with E-state index in [0.717, 1.165) is 172 Å². The second-order valence-corrected chi connectivity index (χ2v) is 28.5. The first-order valence-corrected chi connectivity index (χ1v) is 33.6. The van der Waals surface area contributed by atoms with E-state index in [2.05, 4.69) is 127 Å². The fourth-order valence-corrected chi connectivity index (χ4v) is 20.1. The van der Waals surface area contributed by atoms with Crippen LogP contribution in [0.5, 0.6) is 0 Å². The maximum absolute atomic E-state index is 14.4. The van der Waals surface area contributed by atoms with Crippen molar-refractivity contribution in [3.63, 3.8) is 0 Å². The fourth-order valence-electron chi connectivity index (χ4n) is 20.1. The molecule has 0 amide bonds. The molecular formula is C72H90N8O6. The topological polar surface area (TPSA) is 170 Å². The van der Waals surface area contributed by atoms with Crippen molar-refractivity contribution in [2.24, 2.45) is 22.7 Å². The Morgan fingerprint density at radius 3 is 1.74 bits per heavy atom. The lowest BCUT2D eigenvalue weighted by molar-refractivity contribution is -0.227. The largest absolute Gasteiger partial charge is 0.390 e. The molecule has 16 atom stereocenters. The third-order valence-corrected chi connectivity index (χ3v) is 23.6. The van der Waals surface area contributed by atoms with E-state index in [1.807, 2.05) is 12.4 Å². The second-order valence-electron chi connectivity index (χ2n) is 28.5. The number of nitrogens with one attached hydrogen (secondary N) is 2. The summed E-state index contributed by atoms with van der Waals surface area (Å²) in [5.74, 6) is 0.0323. The SMILES string of the molecule is O[C@@H]1CCCN2CC[C@@H]1O[C@@]13CC[C@@H](OC[C@]45CN6CCCCC=CCC[C@](O)(C=C(c7nccc8c7[nH]c7ccccc78)[C@@H]4CC6)[C@H]25)[C@@H](O)CCN1[C@@H]1[C@]2(CN4CCCCC=CCC[C@]1(O)C=C(c1nccc5c1[nH]c1ccccc15)[C@@H]2CC4)C3. The minimum atomic E-state index is -1.29. The third kappa shape index (κ3) is 9.22. The maximum atomic E-state index is 14.4. The van der Waals surface area contributed by atoms with Crippen LogP contribution in [0.3, 0.4) is 0 Å². The molecular weight excluding hydrogens is 1070 g/mol. The van der Waals surface area contributed by atoms with Gasteiger partial charge in [-0.05, 0) is 214 Å². The van der Waals surface area contributed by atoms with Crippen molar-refractivity contribution in [2.45, 2.75) is 175 Å². The maximum Gasteiger partial charge on any atom is 0.123 e. The molecule has 6 saturated heterocycles. The third-order valence-electron chi connectivity index (χ3n) is 23.6. The molecule has 2 aliphatic carbocycles. The zero-order valence-corrected chi connectivity index (χ0v) is 50.3. The van der Waals surface area contributed by atoms with Crippen LogP contribution in [0, 0.1) is 22.7 Å². The normalized spacial score (nSPS) is 39.9. The molecule has 0 radical (unpaired) electrons. The van der Waals surface area contributed by atoms with E-state index in [0.29, 0.717) is 71.1 Å². The number of rotatable bonds is 2. The van der Waals surface area contributed by atoms with Gasteiger partial charge in [0.05, 0.1) is 76.7 Å². The summed E-state index contributed by atoms with van der Waals surface area (Å²) in [6.07, 6.45) is 30.2. The van der Waals surface area contributed by atoms with Crippen LogP contribution in [0.2, 0.25) is 0 Å². The summed E-state index contributed by atoms with van der Waals surface area (Å²) in [7, 11) is 0. The molecule has 3 unspecified atom stereocenters. The number of aromatic amines is 2. The highest BCUT2D eigenvalue weighted by molar-refractivity contribution is 6.11. The molecule has 454 valence electrons. The molecule has 8 aliphatic heterocycles. The van der Waals surface area contributed by atoms with Crippen LogP contribution in [0.4, 0.5) is 0 Å². The molecule has 4 aromatic heterocycles. The van der Waals surface area contributed by atoms with Crippen LogP contribution >= 0.6 is 0 Å². The van der Waals surface area contributed by atoms with Gasteiger partial charge in [-0.15, -0.1) is 0 Å². The molecule has 16 rings (SSSR count). The van der Waals surface area contributed by atoms with Crippen molar-refractivity contribution < 1.29 is 29.9 Å². The van der Waals surface area contributed by atoms with Crippen molar-refractivity contribution in [3.8, 4) is 0 Å². The minimum absolute atomic E-state index is 0.0163. The molecule has 86 heavy (non-hydrogen) atoms. The second kappa shape index (κ2) is 22.1. The Kier molecular flexibility index (Phi) is 14.5. The van der Waals surface area contributed by atoms with Crippen molar-refractivity contribution >= 4 is 54.8 Å². The number of piperidine rings is 2. The average Bonchev–Trinajstić information content (AvgIpc) is 1.41. The van der Waals surface area contributed by atoms with Gasteiger partial charge in [0.15, 0.2) is 0 Å². The van der Waals surface area contributed by atoms with E-state index in [1.165, 1.54) is 10.8 Å². The van der Waals surface area contributed by atoms with Crippen LogP contribution in [-0.4, -0.2) is 179 Å². The number of H-pyrrole nitrogens is 2. The molecule has 10 bridgehead atoms. The number of ether oxygens (including phenoxy) is 2. The number of hydrogen-bond acceptors (Lipinski definition) is 12. The Morgan fingerprint density at radius 1 is 0.512 bits per heavy atom. The van der Waals surface area contributed by atoms with Crippen molar-refractivity contribution in [2.75, 3.05) is 65.5 Å². The van der Waals surface area contributed by atoms with E-state index < -0.39 is 52.2 Å². The number of pyridine rings is 2. The van der Waals surface area contributed by atoms with Gasteiger partial charge >= 0.3 is 0 Å². The number of nitrogens with zero attached hydrogens (tertiary/aromatic N) is 6. The number of hydrogen-bond donors (Lipinski definition) is 6. The molecule has 3 spiro atoms. The van der Waals surface area contributed by atoms with E-state index in [1.54, 1.807) is 0 Å². The van der Waals surface area contributed by atoms with Gasteiger partial charge in [0.1, 0.15) is 5.72 Å². The van der Waals surface area contributed by atoms with Crippen LogP contribution < -0.4 is 0 Å². The number of aliphatic hydroxyl groups excluding tert-OH is 2. The van der Waals surface area contributed by atoms with Crippen LogP contribution in [0.15, 0.2) is 110 Å². The summed E-state index contributed by atoms with van der Waals surface area (Å²) >= 11 is 0. The highest BCUT2D eigenvalue weighted by Gasteiger charge is 2.72.